The monoisotopic (exact) mass is 797 g/mol. The lowest BCUT2D eigenvalue weighted by Gasteiger charge is -2.39. The van der Waals surface area contributed by atoms with Gasteiger partial charge in [0.2, 0.25) is 5.95 Å². The van der Waals surface area contributed by atoms with Gasteiger partial charge in [0.25, 0.3) is 0 Å². The van der Waals surface area contributed by atoms with Crippen LogP contribution in [0.25, 0.3) is 81.6 Å². The van der Waals surface area contributed by atoms with E-state index in [9.17, 15) is 0 Å². The van der Waals surface area contributed by atoms with E-state index in [1.165, 1.54) is 49.2 Å². The maximum atomic E-state index is 6.98. The van der Waals surface area contributed by atoms with Gasteiger partial charge in [-0.25, -0.2) is 9.97 Å². The highest BCUT2D eigenvalue weighted by molar-refractivity contribution is 7.26. The van der Waals surface area contributed by atoms with Gasteiger partial charge in [-0.3, -0.25) is 4.57 Å². The first-order chi connectivity index (χ1) is 30.0. The minimum atomic E-state index is -0.596. The lowest BCUT2D eigenvalue weighted by molar-refractivity contribution is 0.437. The standard InChI is InChI=1S/C56H35N3OS/c1-55(2)40-20-8-3-15-33(40)36-28-27-32(29-44(36)55)51-53-52(38-19-7-14-26-50(38)61-53)58-54(57-51)59-46-24-12-6-18-37(46)39-30-49-45(31-47(39)59)56(43-23-11-13-25-48(43)60-49)41-21-9-4-16-34(41)35-17-5-10-22-42(35)56/h3-31H,1-2H3. The van der Waals surface area contributed by atoms with Crippen LogP contribution < -0.4 is 4.74 Å². The summed E-state index contributed by atoms with van der Waals surface area (Å²) in [6.07, 6.45) is 0. The average Bonchev–Trinajstić information content (AvgIpc) is 4.00. The minimum Gasteiger partial charge on any atom is -0.457 e. The van der Waals surface area contributed by atoms with Crippen molar-refractivity contribution < 1.29 is 4.74 Å². The number of rotatable bonds is 2. The number of thiophene rings is 1. The molecule has 1 aliphatic heterocycles. The van der Waals surface area contributed by atoms with Gasteiger partial charge in [0, 0.05) is 43.0 Å². The van der Waals surface area contributed by atoms with Gasteiger partial charge in [0.1, 0.15) is 11.5 Å². The molecule has 0 N–H and O–H groups in total. The average molecular weight is 798 g/mol. The second kappa shape index (κ2) is 11.7. The van der Waals surface area contributed by atoms with Crippen LogP contribution >= 0.6 is 11.3 Å². The summed E-state index contributed by atoms with van der Waals surface area (Å²) in [5, 5.41) is 3.37. The van der Waals surface area contributed by atoms with E-state index in [4.69, 9.17) is 14.7 Å². The first-order valence-electron chi connectivity index (χ1n) is 21.0. The quantitative estimate of drug-likeness (QED) is 0.175. The predicted octanol–water partition coefficient (Wildman–Crippen LogP) is 14.4. The van der Waals surface area contributed by atoms with E-state index in [0.29, 0.717) is 5.95 Å². The number of hydrogen-bond donors (Lipinski definition) is 0. The summed E-state index contributed by atoms with van der Waals surface area (Å²) in [6, 6.07) is 64.2. The smallest absolute Gasteiger partial charge is 0.235 e. The molecule has 61 heavy (non-hydrogen) atoms. The normalized spacial score (nSPS) is 14.8. The summed E-state index contributed by atoms with van der Waals surface area (Å²) in [5.41, 5.74) is 17.0. The summed E-state index contributed by atoms with van der Waals surface area (Å²) in [7, 11) is 0. The Morgan fingerprint density at radius 3 is 1.89 bits per heavy atom. The SMILES string of the molecule is CC1(C)c2ccccc2-c2ccc(-c3nc(-n4c5ccccc5c5cc6c(cc54)C4(c5ccccc5O6)c5ccccc5-c5ccccc54)nc4c3sc3ccccc34)cc21. The lowest BCUT2D eigenvalue weighted by Crippen LogP contribution is -2.32. The zero-order chi connectivity index (χ0) is 40.2. The Hall–Kier alpha value is -7.34. The third-order valence-electron chi connectivity index (χ3n) is 13.9. The fourth-order valence-corrected chi connectivity index (χ4v) is 12.4. The zero-order valence-electron chi connectivity index (χ0n) is 33.4. The molecule has 14 rings (SSSR count). The van der Waals surface area contributed by atoms with E-state index >= 15 is 0 Å². The van der Waals surface area contributed by atoms with Crippen molar-refractivity contribution in [3.8, 4) is 51.0 Å². The van der Waals surface area contributed by atoms with Crippen LogP contribution in [-0.2, 0) is 10.8 Å². The summed E-state index contributed by atoms with van der Waals surface area (Å²) in [5.74, 6) is 2.40. The molecule has 2 aliphatic carbocycles. The first kappa shape index (κ1) is 33.5. The maximum absolute atomic E-state index is 6.98. The minimum absolute atomic E-state index is 0.142. The topological polar surface area (TPSA) is 39.9 Å². The summed E-state index contributed by atoms with van der Waals surface area (Å²) >= 11 is 1.78. The van der Waals surface area contributed by atoms with Crippen LogP contribution in [0.5, 0.6) is 11.5 Å². The molecule has 3 aromatic heterocycles. The number of ether oxygens (including phenoxy) is 1. The molecule has 3 aliphatic rings. The highest BCUT2D eigenvalue weighted by atomic mass is 32.1. The van der Waals surface area contributed by atoms with Crippen molar-refractivity contribution in [2.24, 2.45) is 0 Å². The van der Waals surface area contributed by atoms with Gasteiger partial charge in [0.05, 0.1) is 32.4 Å². The van der Waals surface area contributed by atoms with Crippen LogP contribution in [0.1, 0.15) is 47.2 Å². The van der Waals surface area contributed by atoms with E-state index in [1.807, 2.05) is 0 Å². The molecule has 1 spiro atoms. The van der Waals surface area contributed by atoms with Crippen LogP contribution in [0, 0.1) is 0 Å². The number of fused-ring (bicyclic) bond motifs is 18. The molecule has 8 aromatic carbocycles. The fraction of sp³-hybridized carbons (Fsp3) is 0.0714. The Bertz CT molecular complexity index is 3690. The van der Waals surface area contributed by atoms with Crippen molar-refractivity contribution in [1.29, 1.82) is 0 Å². The van der Waals surface area contributed by atoms with Crippen molar-refractivity contribution in [1.82, 2.24) is 14.5 Å². The Morgan fingerprint density at radius 2 is 1.10 bits per heavy atom. The van der Waals surface area contributed by atoms with Crippen LogP contribution in [0.15, 0.2) is 176 Å². The van der Waals surface area contributed by atoms with Crippen LogP contribution in [0.3, 0.4) is 0 Å². The zero-order valence-corrected chi connectivity index (χ0v) is 34.2. The molecule has 0 saturated heterocycles. The molecule has 0 unspecified atom stereocenters. The molecule has 0 radical (unpaired) electrons. The molecule has 0 saturated carbocycles. The van der Waals surface area contributed by atoms with Crippen molar-refractivity contribution in [3.05, 3.63) is 209 Å². The van der Waals surface area contributed by atoms with E-state index < -0.39 is 5.41 Å². The van der Waals surface area contributed by atoms with Crippen LogP contribution in [0.4, 0.5) is 0 Å². The highest BCUT2D eigenvalue weighted by Crippen LogP contribution is 2.63. The molecule has 286 valence electrons. The van der Waals surface area contributed by atoms with Gasteiger partial charge < -0.3 is 4.74 Å². The van der Waals surface area contributed by atoms with Crippen molar-refractivity contribution in [2.75, 3.05) is 0 Å². The summed E-state index contributed by atoms with van der Waals surface area (Å²) in [6.45, 7) is 4.69. The largest absolute Gasteiger partial charge is 0.457 e. The second-order valence-electron chi connectivity index (χ2n) is 17.2. The molecular formula is C56H35N3OS. The maximum Gasteiger partial charge on any atom is 0.235 e. The second-order valence-corrected chi connectivity index (χ2v) is 18.3. The van der Waals surface area contributed by atoms with Crippen LogP contribution in [-0.4, -0.2) is 14.5 Å². The third-order valence-corrected chi connectivity index (χ3v) is 15.1. The van der Waals surface area contributed by atoms with Crippen molar-refractivity contribution in [2.45, 2.75) is 24.7 Å². The number of nitrogens with zero attached hydrogens (tertiary/aromatic N) is 3. The van der Waals surface area contributed by atoms with E-state index in [1.54, 1.807) is 11.3 Å². The van der Waals surface area contributed by atoms with Crippen molar-refractivity contribution in [3.63, 3.8) is 0 Å². The molecule has 0 amide bonds. The van der Waals surface area contributed by atoms with Gasteiger partial charge >= 0.3 is 0 Å². The molecule has 4 nitrogen and oxygen atoms in total. The van der Waals surface area contributed by atoms with Gasteiger partial charge in [-0.05, 0) is 80.9 Å². The number of hydrogen-bond acceptors (Lipinski definition) is 4. The molecule has 0 bridgehead atoms. The van der Waals surface area contributed by atoms with Gasteiger partial charge in [-0.2, -0.15) is 0 Å². The fourth-order valence-electron chi connectivity index (χ4n) is 11.3. The van der Waals surface area contributed by atoms with E-state index in [0.717, 1.165) is 71.3 Å². The Kier molecular flexibility index (Phi) is 6.42. The number of benzene rings is 8. The number of para-hydroxylation sites is 2. The summed E-state index contributed by atoms with van der Waals surface area (Å²) in [4.78, 5) is 11.2. The first-order valence-corrected chi connectivity index (χ1v) is 21.8. The Labute approximate surface area is 356 Å². The molecule has 5 heteroatoms. The Balaban J connectivity index is 1.08. The molecular weight excluding hydrogens is 763 g/mol. The summed E-state index contributed by atoms with van der Waals surface area (Å²) < 4.78 is 11.6. The Morgan fingerprint density at radius 1 is 0.475 bits per heavy atom. The molecule has 0 fully saturated rings. The van der Waals surface area contributed by atoms with Crippen LogP contribution in [0.2, 0.25) is 0 Å². The molecule has 4 heterocycles. The van der Waals surface area contributed by atoms with E-state index in [-0.39, 0.29) is 5.41 Å². The lowest BCUT2D eigenvalue weighted by atomic mass is 9.66. The third kappa shape index (κ3) is 4.19. The van der Waals surface area contributed by atoms with Gasteiger partial charge in [-0.15, -0.1) is 11.3 Å². The highest BCUT2D eigenvalue weighted by Gasteiger charge is 2.51. The predicted molar refractivity (Wildman–Crippen MR) is 250 cm³/mol. The van der Waals surface area contributed by atoms with Crippen molar-refractivity contribution >= 4 is 53.4 Å². The molecule has 0 atom stereocenters. The molecule has 11 aromatic rings. The number of aromatic nitrogens is 3. The van der Waals surface area contributed by atoms with Gasteiger partial charge in [-0.1, -0.05) is 153 Å². The van der Waals surface area contributed by atoms with Gasteiger partial charge in [0.15, 0.2) is 0 Å². The van der Waals surface area contributed by atoms with E-state index in [2.05, 4.69) is 194 Å².